The van der Waals surface area contributed by atoms with Crippen molar-refractivity contribution in [2.75, 3.05) is 18.0 Å². The summed E-state index contributed by atoms with van der Waals surface area (Å²) < 4.78 is 0. The van der Waals surface area contributed by atoms with E-state index in [-0.39, 0.29) is 6.04 Å². The van der Waals surface area contributed by atoms with Crippen molar-refractivity contribution in [3.05, 3.63) is 29.8 Å². The third-order valence-corrected chi connectivity index (χ3v) is 4.20. The highest BCUT2D eigenvalue weighted by atomic mass is 15.1. The maximum absolute atomic E-state index is 6.24. The summed E-state index contributed by atoms with van der Waals surface area (Å²) in [6, 6.07) is 8.81. The zero-order chi connectivity index (χ0) is 13.0. The van der Waals surface area contributed by atoms with Crippen molar-refractivity contribution in [1.29, 1.82) is 0 Å². The Morgan fingerprint density at radius 1 is 1.28 bits per heavy atom. The van der Waals surface area contributed by atoms with Gasteiger partial charge in [0.2, 0.25) is 0 Å². The van der Waals surface area contributed by atoms with Crippen molar-refractivity contribution in [3.63, 3.8) is 0 Å². The van der Waals surface area contributed by atoms with Crippen LogP contribution >= 0.6 is 0 Å². The number of nitrogens with zero attached hydrogens (tertiary/aromatic N) is 1. The summed E-state index contributed by atoms with van der Waals surface area (Å²) in [7, 11) is 0. The van der Waals surface area contributed by atoms with Gasteiger partial charge in [0.25, 0.3) is 0 Å². The summed E-state index contributed by atoms with van der Waals surface area (Å²) in [5, 5.41) is 0. The summed E-state index contributed by atoms with van der Waals surface area (Å²) in [6.45, 7) is 6.67. The van der Waals surface area contributed by atoms with Crippen LogP contribution in [0, 0.1) is 5.92 Å². The smallest absolute Gasteiger partial charge is 0.0414 e. The minimum Gasteiger partial charge on any atom is -0.371 e. The van der Waals surface area contributed by atoms with Crippen LogP contribution in [0.2, 0.25) is 0 Å². The summed E-state index contributed by atoms with van der Waals surface area (Å²) in [5.74, 6) is 0.899. The molecule has 0 spiro atoms. The van der Waals surface area contributed by atoms with Gasteiger partial charge >= 0.3 is 0 Å². The number of hydrogen-bond donors (Lipinski definition) is 1. The predicted molar refractivity (Wildman–Crippen MR) is 78.9 cm³/mol. The van der Waals surface area contributed by atoms with Crippen LogP contribution in [0.5, 0.6) is 0 Å². The van der Waals surface area contributed by atoms with Gasteiger partial charge in [-0.05, 0) is 43.7 Å². The molecule has 0 unspecified atom stereocenters. The Morgan fingerprint density at radius 2 is 2.00 bits per heavy atom. The number of nitrogens with two attached hydrogens (primary N) is 1. The molecule has 1 aromatic carbocycles. The second-order valence-corrected chi connectivity index (χ2v) is 5.41. The van der Waals surface area contributed by atoms with Crippen LogP contribution in [-0.2, 0) is 0 Å². The molecule has 1 atom stereocenters. The van der Waals surface area contributed by atoms with Crippen molar-refractivity contribution < 1.29 is 0 Å². The lowest BCUT2D eigenvalue weighted by Gasteiger charge is -2.34. The van der Waals surface area contributed by atoms with Gasteiger partial charge in [0.15, 0.2) is 0 Å². The first-order valence-corrected chi connectivity index (χ1v) is 7.35. The van der Waals surface area contributed by atoms with E-state index in [0.29, 0.717) is 0 Å². The van der Waals surface area contributed by atoms with E-state index in [0.717, 1.165) is 18.9 Å². The van der Waals surface area contributed by atoms with Crippen LogP contribution < -0.4 is 10.6 Å². The molecular weight excluding hydrogens is 220 g/mol. The highest BCUT2D eigenvalue weighted by Crippen LogP contribution is 2.32. The normalized spacial score (nSPS) is 17.3. The first-order chi connectivity index (χ1) is 8.76. The lowest BCUT2D eigenvalue weighted by atomic mass is 9.85. The molecule has 2 heteroatoms. The number of rotatable bonds is 6. The molecule has 0 saturated heterocycles. The molecule has 18 heavy (non-hydrogen) atoms. The molecule has 1 aliphatic rings. The summed E-state index contributed by atoms with van der Waals surface area (Å²) in [6.07, 6.45) is 5.22. The zero-order valence-corrected chi connectivity index (χ0v) is 11.7. The first kappa shape index (κ1) is 13.4. The Balaban J connectivity index is 2.17. The van der Waals surface area contributed by atoms with Gasteiger partial charge in [0.05, 0.1) is 0 Å². The van der Waals surface area contributed by atoms with E-state index < -0.39 is 0 Å². The maximum atomic E-state index is 6.24. The molecule has 0 radical (unpaired) electrons. The largest absolute Gasteiger partial charge is 0.371 e. The van der Waals surface area contributed by atoms with E-state index in [1.165, 1.54) is 37.1 Å². The monoisotopic (exact) mass is 246 g/mol. The molecular formula is C16H26N2. The van der Waals surface area contributed by atoms with Gasteiger partial charge in [0.1, 0.15) is 0 Å². The molecule has 0 amide bonds. The van der Waals surface area contributed by atoms with E-state index in [1.807, 2.05) is 0 Å². The van der Waals surface area contributed by atoms with E-state index in [9.17, 15) is 0 Å². The van der Waals surface area contributed by atoms with Gasteiger partial charge in [-0.2, -0.15) is 0 Å². The number of hydrogen-bond acceptors (Lipinski definition) is 2. The van der Waals surface area contributed by atoms with Gasteiger partial charge in [-0.15, -0.1) is 0 Å². The molecule has 2 rings (SSSR count). The Kier molecular flexibility index (Phi) is 4.65. The summed E-state index contributed by atoms with van der Waals surface area (Å²) in [5.41, 5.74) is 8.89. The van der Waals surface area contributed by atoms with Gasteiger partial charge in [0, 0.05) is 24.8 Å². The fraction of sp³-hybridized carbons (Fsp3) is 0.625. The van der Waals surface area contributed by atoms with Crippen molar-refractivity contribution in [2.24, 2.45) is 11.7 Å². The molecule has 1 aromatic rings. The van der Waals surface area contributed by atoms with Gasteiger partial charge in [-0.3, -0.25) is 0 Å². The number of benzene rings is 1. The molecule has 1 aliphatic carbocycles. The van der Waals surface area contributed by atoms with Crippen LogP contribution in [0.3, 0.4) is 0 Å². The number of anilines is 1. The summed E-state index contributed by atoms with van der Waals surface area (Å²) >= 11 is 0. The Labute approximate surface area is 111 Å². The number of para-hydroxylation sites is 1. The Hall–Kier alpha value is -1.02. The van der Waals surface area contributed by atoms with Crippen molar-refractivity contribution in [3.8, 4) is 0 Å². The van der Waals surface area contributed by atoms with Crippen LogP contribution in [0.1, 0.15) is 51.1 Å². The lowest BCUT2D eigenvalue weighted by molar-refractivity contribution is 0.318. The highest BCUT2D eigenvalue weighted by molar-refractivity contribution is 5.55. The fourth-order valence-electron chi connectivity index (χ4n) is 2.69. The highest BCUT2D eigenvalue weighted by Gasteiger charge is 2.22. The molecule has 2 N–H and O–H groups in total. The third-order valence-electron chi connectivity index (χ3n) is 4.20. The molecule has 0 heterocycles. The van der Waals surface area contributed by atoms with Crippen LogP contribution in [0.15, 0.2) is 24.3 Å². The summed E-state index contributed by atoms with van der Waals surface area (Å²) in [4.78, 5) is 2.51. The average Bonchev–Trinajstić information content (AvgIpc) is 2.37. The Bertz CT molecular complexity index is 371. The maximum Gasteiger partial charge on any atom is 0.0414 e. The molecule has 0 aliphatic heterocycles. The van der Waals surface area contributed by atoms with Crippen molar-refractivity contribution in [1.82, 2.24) is 0 Å². The SMILES string of the molecule is CC[C@H](N)c1ccccc1N(CC)CC1CCC1. The second-order valence-electron chi connectivity index (χ2n) is 5.41. The molecule has 0 aromatic heterocycles. The zero-order valence-electron chi connectivity index (χ0n) is 11.7. The predicted octanol–water partition coefficient (Wildman–Crippen LogP) is 3.72. The standard InChI is InChI=1S/C16H26N2/c1-3-15(17)14-10-5-6-11-16(14)18(4-2)12-13-8-7-9-13/h5-6,10-11,13,15H,3-4,7-9,12,17H2,1-2H3/t15-/m0/s1. The second kappa shape index (κ2) is 6.24. The Morgan fingerprint density at radius 3 is 2.56 bits per heavy atom. The third kappa shape index (κ3) is 2.86. The quantitative estimate of drug-likeness (QED) is 0.829. The molecule has 1 saturated carbocycles. The van der Waals surface area contributed by atoms with Crippen LogP contribution in [0.4, 0.5) is 5.69 Å². The minimum absolute atomic E-state index is 0.164. The van der Waals surface area contributed by atoms with E-state index in [4.69, 9.17) is 5.73 Å². The molecule has 1 fully saturated rings. The fourth-order valence-corrected chi connectivity index (χ4v) is 2.69. The van der Waals surface area contributed by atoms with Gasteiger partial charge in [-0.25, -0.2) is 0 Å². The van der Waals surface area contributed by atoms with E-state index in [1.54, 1.807) is 0 Å². The van der Waals surface area contributed by atoms with Crippen LogP contribution in [0.25, 0.3) is 0 Å². The topological polar surface area (TPSA) is 29.3 Å². The minimum atomic E-state index is 0.164. The van der Waals surface area contributed by atoms with E-state index >= 15 is 0 Å². The lowest BCUT2D eigenvalue weighted by Crippen LogP contribution is -2.33. The van der Waals surface area contributed by atoms with E-state index in [2.05, 4.69) is 43.0 Å². The molecule has 0 bridgehead atoms. The molecule has 100 valence electrons. The van der Waals surface area contributed by atoms with Crippen molar-refractivity contribution in [2.45, 2.75) is 45.6 Å². The molecule has 2 nitrogen and oxygen atoms in total. The van der Waals surface area contributed by atoms with Crippen LogP contribution in [-0.4, -0.2) is 13.1 Å². The van der Waals surface area contributed by atoms with Gasteiger partial charge in [-0.1, -0.05) is 31.5 Å². The van der Waals surface area contributed by atoms with Gasteiger partial charge < -0.3 is 10.6 Å². The van der Waals surface area contributed by atoms with Crippen molar-refractivity contribution >= 4 is 5.69 Å². The average molecular weight is 246 g/mol. The first-order valence-electron chi connectivity index (χ1n) is 7.35.